The second kappa shape index (κ2) is 8.70. The van der Waals surface area contributed by atoms with Crippen LogP contribution in [0.4, 0.5) is 17.1 Å². The summed E-state index contributed by atoms with van der Waals surface area (Å²) in [6.07, 6.45) is 0. The van der Waals surface area contributed by atoms with Gasteiger partial charge in [0.2, 0.25) is 0 Å². The first-order valence-electron chi connectivity index (χ1n) is 11.3. The molecule has 4 heteroatoms. The van der Waals surface area contributed by atoms with Crippen LogP contribution in [0.2, 0.25) is 0 Å². The summed E-state index contributed by atoms with van der Waals surface area (Å²) in [6.45, 7) is 0. The van der Waals surface area contributed by atoms with Gasteiger partial charge in [-0.1, -0.05) is 111 Å². The quantitative estimate of drug-likeness (QED) is 0.219. The Labute approximate surface area is 218 Å². The van der Waals surface area contributed by atoms with Gasteiger partial charge in [0.25, 0.3) is 0 Å². The molecule has 0 N–H and O–H groups in total. The summed E-state index contributed by atoms with van der Waals surface area (Å²) in [6, 6.07) is 46.4. The van der Waals surface area contributed by atoms with Crippen molar-refractivity contribution in [3.05, 3.63) is 136 Å². The Hall–Kier alpha value is -2.92. The highest BCUT2D eigenvalue weighted by molar-refractivity contribution is 9.10. The number of nitrogens with zero attached hydrogens (tertiary/aromatic N) is 1. The molecule has 1 aliphatic heterocycles. The van der Waals surface area contributed by atoms with Gasteiger partial charge in [0.1, 0.15) is 0 Å². The molecule has 0 aliphatic carbocycles. The van der Waals surface area contributed by atoms with Gasteiger partial charge in [-0.25, -0.2) is 0 Å². The number of fused-ring (bicyclic) bond motifs is 2. The van der Waals surface area contributed by atoms with Crippen LogP contribution < -0.4 is 25.6 Å². The van der Waals surface area contributed by atoms with Gasteiger partial charge in [0.05, 0.1) is 0 Å². The molecule has 0 aromatic heterocycles. The van der Waals surface area contributed by atoms with E-state index >= 15 is 0 Å². The van der Waals surface area contributed by atoms with Gasteiger partial charge in [-0.15, -0.1) is 0 Å². The molecular formula is C30H21Br2NSi. The number of anilines is 3. The van der Waals surface area contributed by atoms with E-state index in [2.05, 4.69) is 164 Å². The average Bonchev–Trinajstić information content (AvgIpc) is 2.89. The normalized spacial score (nSPS) is 13.8. The summed E-state index contributed by atoms with van der Waals surface area (Å²) < 4.78 is 2.20. The smallest absolute Gasteiger partial charge is 0.184 e. The summed E-state index contributed by atoms with van der Waals surface area (Å²) in [5, 5.41) is 5.53. The third-order valence-corrected chi connectivity index (χ3v) is 12.4. The van der Waals surface area contributed by atoms with E-state index in [1.165, 1.54) is 37.8 Å². The summed E-state index contributed by atoms with van der Waals surface area (Å²) >= 11 is 7.62. The zero-order valence-corrected chi connectivity index (χ0v) is 22.5. The van der Waals surface area contributed by atoms with E-state index in [-0.39, 0.29) is 0 Å². The van der Waals surface area contributed by atoms with Crippen LogP contribution in [0, 0.1) is 0 Å². The molecule has 1 heterocycles. The van der Waals surface area contributed by atoms with Crippen molar-refractivity contribution in [2.45, 2.75) is 0 Å². The second-order valence-corrected chi connectivity index (χ2v) is 14.0. The third kappa shape index (κ3) is 3.32. The molecule has 0 amide bonds. The van der Waals surface area contributed by atoms with E-state index in [9.17, 15) is 0 Å². The minimum absolute atomic E-state index is 1.10. The molecule has 0 fully saturated rings. The Bertz CT molecular complexity index is 1380. The van der Waals surface area contributed by atoms with Crippen molar-refractivity contribution < 1.29 is 0 Å². The number of benzene rings is 5. The first kappa shape index (κ1) is 21.6. The first-order valence-corrected chi connectivity index (χ1v) is 14.8. The molecule has 0 atom stereocenters. The molecule has 0 unspecified atom stereocenters. The van der Waals surface area contributed by atoms with Gasteiger partial charge in [0.15, 0.2) is 8.07 Å². The predicted octanol–water partition coefficient (Wildman–Crippen LogP) is 6.37. The molecule has 0 saturated carbocycles. The minimum Gasteiger partial charge on any atom is -0.311 e. The summed E-state index contributed by atoms with van der Waals surface area (Å²) in [5.41, 5.74) is 3.64. The van der Waals surface area contributed by atoms with E-state index < -0.39 is 8.07 Å². The zero-order valence-electron chi connectivity index (χ0n) is 18.3. The highest BCUT2D eigenvalue weighted by atomic mass is 79.9. The molecule has 0 spiro atoms. The van der Waals surface area contributed by atoms with Crippen molar-refractivity contribution in [3.63, 3.8) is 0 Å². The fourth-order valence-corrected chi connectivity index (χ4v) is 11.6. The number of para-hydroxylation sites is 1. The Morgan fingerprint density at radius 1 is 0.471 bits per heavy atom. The van der Waals surface area contributed by atoms with Crippen molar-refractivity contribution in [2.24, 2.45) is 0 Å². The predicted molar refractivity (Wildman–Crippen MR) is 154 cm³/mol. The topological polar surface area (TPSA) is 3.24 Å². The summed E-state index contributed by atoms with van der Waals surface area (Å²) in [7, 11) is -2.62. The molecule has 1 nitrogen and oxygen atoms in total. The highest BCUT2D eigenvalue weighted by Gasteiger charge is 2.49. The Balaban J connectivity index is 1.82. The van der Waals surface area contributed by atoms with E-state index in [0.717, 1.165) is 8.95 Å². The summed E-state index contributed by atoms with van der Waals surface area (Å²) in [5.74, 6) is 0. The van der Waals surface area contributed by atoms with E-state index in [4.69, 9.17) is 0 Å². The van der Waals surface area contributed by atoms with Crippen LogP contribution in [0.1, 0.15) is 0 Å². The maximum atomic E-state index is 3.81. The zero-order chi connectivity index (χ0) is 23.1. The molecule has 6 rings (SSSR count). The van der Waals surface area contributed by atoms with Crippen LogP contribution in [0.3, 0.4) is 0 Å². The van der Waals surface area contributed by atoms with Crippen molar-refractivity contribution in [1.29, 1.82) is 0 Å². The monoisotopic (exact) mass is 581 g/mol. The average molecular weight is 583 g/mol. The Kier molecular flexibility index (Phi) is 5.52. The number of halogens is 2. The van der Waals surface area contributed by atoms with Crippen molar-refractivity contribution in [2.75, 3.05) is 4.90 Å². The second-order valence-electron chi connectivity index (χ2n) is 8.48. The third-order valence-electron chi connectivity index (χ3n) is 6.64. The van der Waals surface area contributed by atoms with Crippen LogP contribution in [0.15, 0.2) is 136 Å². The van der Waals surface area contributed by atoms with Gasteiger partial charge in [-0.3, -0.25) is 0 Å². The van der Waals surface area contributed by atoms with Crippen LogP contribution >= 0.6 is 31.9 Å². The van der Waals surface area contributed by atoms with Crippen LogP contribution in [0.5, 0.6) is 0 Å². The molecule has 0 radical (unpaired) electrons. The molecule has 5 aromatic rings. The van der Waals surface area contributed by atoms with Gasteiger partial charge in [-0.2, -0.15) is 0 Å². The molecule has 164 valence electrons. The standard InChI is InChI=1S/C30H21Br2NSi/c31-22-16-18-27-29(20-22)34(25-12-6-2-7-13-25,26-14-8-3-9-15-26)30-21-23(32)17-19-28(30)33(27)24-10-4-1-5-11-24/h1-21H. The summed E-state index contributed by atoms with van der Waals surface area (Å²) in [4.78, 5) is 2.42. The maximum Gasteiger partial charge on any atom is 0.184 e. The minimum atomic E-state index is -2.62. The highest BCUT2D eigenvalue weighted by Crippen LogP contribution is 2.39. The van der Waals surface area contributed by atoms with E-state index in [0.29, 0.717) is 0 Å². The number of hydrogen-bond donors (Lipinski definition) is 0. The van der Waals surface area contributed by atoms with Gasteiger partial charge in [0, 0.05) is 26.0 Å². The lowest BCUT2D eigenvalue weighted by molar-refractivity contribution is 1.28. The van der Waals surface area contributed by atoms with Gasteiger partial charge < -0.3 is 4.90 Å². The van der Waals surface area contributed by atoms with Gasteiger partial charge in [-0.05, 0) is 69.3 Å². The van der Waals surface area contributed by atoms with Crippen LogP contribution in [-0.4, -0.2) is 8.07 Å². The van der Waals surface area contributed by atoms with Gasteiger partial charge >= 0.3 is 0 Å². The van der Waals surface area contributed by atoms with Crippen molar-refractivity contribution in [3.8, 4) is 0 Å². The van der Waals surface area contributed by atoms with Crippen LogP contribution in [-0.2, 0) is 0 Å². The number of rotatable bonds is 3. The van der Waals surface area contributed by atoms with E-state index in [1.807, 2.05) is 0 Å². The largest absolute Gasteiger partial charge is 0.311 e. The molecule has 0 saturated heterocycles. The lowest BCUT2D eigenvalue weighted by Crippen LogP contribution is -2.77. The Morgan fingerprint density at radius 2 is 0.882 bits per heavy atom. The first-order chi connectivity index (χ1) is 16.7. The fraction of sp³-hybridized carbons (Fsp3) is 0. The fourth-order valence-electron chi connectivity index (χ4n) is 5.30. The molecule has 1 aliphatic rings. The molecule has 0 bridgehead atoms. The lowest BCUT2D eigenvalue weighted by Gasteiger charge is -2.45. The van der Waals surface area contributed by atoms with Crippen molar-refractivity contribution in [1.82, 2.24) is 0 Å². The lowest BCUT2D eigenvalue weighted by atomic mass is 10.2. The van der Waals surface area contributed by atoms with E-state index in [1.54, 1.807) is 0 Å². The van der Waals surface area contributed by atoms with Crippen LogP contribution in [0.25, 0.3) is 0 Å². The Morgan fingerprint density at radius 3 is 1.32 bits per heavy atom. The molecular weight excluding hydrogens is 562 g/mol. The van der Waals surface area contributed by atoms with Crippen molar-refractivity contribution >= 4 is 77.7 Å². The number of hydrogen-bond acceptors (Lipinski definition) is 1. The SMILES string of the molecule is Brc1ccc2c(c1)[Si](c1ccccc1)(c1ccccc1)c1cc(Br)ccc1N2c1ccccc1. The molecule has 5 aromatic carbocycles. The maximum absolute atomic E-state index is 3.81. The molecule has 34 heavy (non-hydrogen) atoms.